The Morgan fingerprint density at radius 1 is 1.15 bits per heavy atom. The monoisotopic (exact) mass is 269 g/mol. The van der Waals surface area contributed by atoms with Gasteiger partial charge in [-0.05, 0) is 36.9 Å². The Balaban J connectivity index is 2.11. The lowest BCUT2D eigenvalue weighted by atomic mass is 10.1. The fraction of sp³-hybridized carbons (Fsp3) is 0.188. The van der Waals surface area contributed by atoms with Gasteiger partial charge in [-0.2, -0.15) is 5.26 Å². The van der Waals surface area contributed by atoms with Crippen LogP contribution in [0.4, 0.5) is 10.1 Å². The van der Waals surface area contributed by atoms with Crippen molar-refractivity contribution in [1.29, 1.82) is 5.26 Å². The van der Waals surface area contributed by atoms with Crippen LogP contribution in [-0.4, -0.2) is 11.9 Å². The summed E-state index contributed by atoms with van der Waals surface area (Å²) in [7, 11) is 1.89. The van der Waals surface area contributed by atoms with Crippen molar-refractivity contribution >= 4 is 5.69 Å². The molecule has 2 rings (SSSR count). The highest BCUT2D eigenvalue weighted by molar-refractivity contribution is 5.46. The predicted molar refractivity (Wildman–Crippen MR) is 77.1 cm³/mol. The Labute approximate surface area is 118 Å². The van der Waals surface area contributed by atoms with Gasteiger partial charge in [0.2, 0.25) is 0 Å². The van der Waals surface area contributed by atoms with E-state index in [0.717, 1.165) is 11.3 Å². The number of halogens is 1. The molecule has 0 saturated carbocycles. The zero-order chi connectivity index (χ0) is 14.5. The molecule has 102 valence electrons. The maximum absolute atomic E-state index is 13.7. The summed E-state index contributed by atoms with van der Waals surface area (Å²) in [6, 6.07) is 14.0. The van der Waals surface area contributed by atoms with Crippen molar-refractivity contribution in [2.24, 2.45) is 0 Å². The second kappa shape index (κ2) is 6.18. The first kappa shape index (κ1) is 14.0. The molecule has 2 aromatic carbocycles. The number of anilines is 1. The molecule has 0 aromatic heterocycles. The molecule has 0 aliphatic carbocycles. The summed E-state index contributed by atoms with van der Waals surface area (Å²) in [5, 5.41) is 8.86. The number of hydrogen-bond acceptors (Lipinski definition) is 3. The molecule has 3 nitrogen and oxygen atoms in total. The Morgan fingerprint density at radius 2 is 1.85 bits per heavy atom. The minimum absolute atomic E-state index is 0.295. The van der Waals surface area contributed by atoms with Crippen LogP contribution in [0, 0.1) is 17.1 Å². The topological polar surface area (TPSA) is 53.0 Å². The third kappa shape index (κ3) is 3.34. The number of benzene rings is 2. The van der Waals surface area contributed by atoms with Crippen LogP contribution >= 0.6 is 0 Å². The van der Waals surface area contributed by atoms with E-state index in [2.05, 4.69) is 0 Å². The predicted octanol–water partition coefficient (Wildman–Crippen LogP) is 2.91. The van der Waals surface area contributed by atoms with Crippen LogP contribution in [-0.2, 0) is 13.1 Å². The number of nitrogen functional groups attached to an aromatic ring is 1. The van der Waals surface area contributed by atoms with Gasteiger partial charge in [0.25, 0.3) is 0 Å². The molecule has 0 atom stereocenters. The molecule has 4 heteroatoms. The Hall–Kier alpha value is -2.38. The number of nitrogens with two attached hydrogens (primary N) is 1. The molecule has 0 amide bonds. The van der Waals surface area contributed by atoms with Crippen LogP contribution in [0.1, 0.15) is 16.7 Å². The maximum atomic E-state index is 13.7. The first-order valence-electron chi connectivity index (χ1n) is 6.30. The molecular formula is C16H16FN3. The van der Waals surface area contributed by atoms with Gasteiger partial charge < -0.3 is 5.73 Å². The molecule has 0 radical (unpaired) electrons. The van der Waals surface area contributed by atoms with E-state index in [1.807, 2.05) is 42.3 Å². The van der Waals surface area contributed by atoms with Gasteiger partial charge in [-0.25, -0.2) is 4.39 Å². The van der Waals surface area contributed by atoms with Crippen LogP contribution in [0.5, 0.6) is 0 Å². The van der Waals surface area contributed by atoms with Crippen LogP contribution in [0.2, 0.25) is 0 Å². The summed E-state index contributed by atoms with van der Waals surface area (Å²) in [5.74, 6) is -0.295. The number of nitriles is 1. The molecular weight excluding hydrogens is 253 g/mol. The van der Waals surface area contributed by atoms with Crippen LogP contribution in [0.3, 0.4) is 0 Å². The van der Waals surface area contributed by atoms with Crippen molar-refractivity contribution in [3.63, 3.8) is 0 Å². The largest absolute Gasteiger partial charge is 0.398 e. The summed E-state index contributed by atoms with van der Waals surface area (Å²) in [6.07, 6.45) is 0. The van der Waals surface area contributed by atoms with Crippen molar-refractivity contribution in [2.45, 2.75) is 13.1 Å². The van der Waals surface area contributed by atoms with Crippen molar-refractivity contribution in [1.82, 2.24) is 4.90 Å². The van der Waals surface area contributed by atoms with Crippen molar-refractivity contribution in [2.75, 3.05) is 12.8 Å². The molecule has 20 heavy (non-hydrogen) atoms. The normalized spacial score (nSPS) is 10.5. The van der Waals surface area contributed by atoms with Gasteiger partial charge in [0.1, 0.15) is 5.82 Å². The van der Waals surface area contributed by atoms with E-state index in [0.29, 0.717) is 24.2 Å². The highest BCUT2D eigenvalue weighted by Gasteiger charge is 2.08. The quantitative estimate of drug-likeness (QED) is 0.868. The zero-order valence-corrected chi connectivity index (χ0v) is 11.3. The summed E-state index contributed by atoms with van der Waals surface area (Å²) >= 11 is 0. The summed E-state index contributed by atoms with van der Waals surface area (Å²) in [4.78, 5) is 1.96. The molecule has 0 bridgehead atoms. The van der Waals surface area contributed by atoms with Gasteiger partial charge in [-0.1, -0.05) is 18.2 Å². The van der Waals surface area contributed by atoms with Crippen LogP contribution in [0.15, 0.2) is 42.5 Å². The van der Waals surface area contributed by atoms with Crippen molar-refractivity contribution in [3.8, 4) is 6.07 Å². The fourth-order valence-electron chi connectivity index (χ4n) is 2.08. The molecule has 0 unspecified atom stereocenters. The smallest absolute Gasteiger partial charge is 0.127 e. The first-order valence-corrected chi connectivity index (χ1v) is 6.30. The number of hydrogen-bond donors (Lipinski definition) is 1. The van der Waals surface area contributed by atoms with Gasteiger partial charge in [-0.15, -0.1) is 0 Å². The highest BCUT2D eigenvalue weighted by Crippen LogP contribution is 2.16. The van der Waals surface area contributed by atoms with Gasteiger partial charge in [0.15, 0.2) is 0 Å². The minimum atomic E-state index is -0.295. The third-order valence-electron chi connectivity index (χ3n) is 3.11. The minimum Gasteiger partial charge on any atom is -0.398 e. The Bertz CT molecular complexity index is 646. The van der Waals surface area contributed by atoms with Gasteiger partial charge in [0, 0.05) is 24.3 Å². The molecule has 0 heterocycles. The molecule has 0 saturated heterocycles. The van der Waals surface area contributed by atoms with E-state index in [9.17, 15) is 4.39 Å². The van der Waals surface area contributed by atoms with Gasteiger partial charge >= 0.3 is 0 Å². The van der Waals surface area contributed by atoms with E-state index in [1.165, 1.54) is 12.1 Å². The van der Waals surface area contributed by atoms with Crippen LogP contribution in [0.25, 0.3) is 0 Å². The van der Waals surface area contributed by atoms with Gasteiger partial charge in [0.05, 0.1) is 11.6 Å². The maximum Gasteiger partial charge on any atom is 0.127 e. The Kier molecular flexibility index (Phi) is 4.34. The van der Waals surface area contributed by atoms with E-state index in [-0.39, 0.29) is 5.82 Å². The lowest BCUT2D eigenvalue weighted by molar-refractivity contribution is 0.314. The standard InChI is InChI=1S/C16H16FN3/c1-20(10-13-4-2-3-5-16(13)19)11-14-8-12(9-18)6-7-15(14)17/h2-8H,10-11,19H2,1H3. The summed E-state index contributed by atoms with van der Waals surface area (Å²) < 4.78 is 13.7. The van der Waals surface area contributed by atoms with E-state index >= 15 is 0 Å². The molecule has 2 aromatic rings. The van der Waals surface area contributed by atoms with Crippen molar-refractivity contribution in [3.05, 3.63) is 65.0 Å². The second-order valence-corrected chi connectivity index (χ2v) is 4.79. The number of para-hydroxylation sites is 1. The van der Waals surface area contributed by atoms with Gasteiger partial charge in [-0.3, -0.25) is 4.90 Å². The van der Waals surface area contributed by atoms with Crippen LogP contribution < -0.4 is 5.73 Å². The molecule has 0 fully saturated rings. The fourth-order valence-corrected chi connectivity index (χ4v) is 2.08. The van der Waals surface area contributed by atoms with E-state index < -0.39 is 0 Å². The average molecular weight is 269 g/mol. The molecule has 0 aliphatic rings. The average Bonchev–Trinajstić information content (AvgIpc) is 2.44. The molecule has 0 spiro atoms. The molecule has 2 N–H and O–H groups in total. The highest BCUT2D eigenvalue weighted by atomic mass is 19.1. The second-order valence-electron chi connectivity index (χ2n) is 4.79. The van der Waals surface area contributed by atoms with E-state index in [4.69, 9.17) is 11.0 Å². The lowest BCUT2D eigenvalue weighted by Gasteiger charge is -2.18. The summed E-state index contributed by atoms with van der Waals surface area (Å²) in [6.45, 7) is 1.05. The van der Waals surface area contributed by atoms with E-state index in [1.54, 1.807) is 6.07 Å². The van der Waals surface area contributed by atoms with Crippen molar-refractivity contribution < 1.29 is 4.39 Å². The summed E-state index contributed by atoms with van der Waals surface area (Å²) in [5.41, 5.74) is 8.61. The number of nitrogens with zero attached hydrogens (tertiary/aromatic N) is 2. The number of rotatable bonds is 4. The molecule has 0 aliphatic heterocycles. The SMILES string of the molecule is CN(Cc1ccccc1N)Cc1cc(C#N)ccc1F. The first-order chi connectivity index (χ1) is 9.60. The Morgan fingerprint density at radius 3 is 2.55 bits per heavy atom. The zero-order valence-electron chi connectivity index (χ0n) is 11.3. The third-order valence-corrected chi connectivity index (χ3v) is 3.11. The lowest BCUT2D eigenvalue weighted by Crippen LogP contribution is -2.18.